The molecule has 1 aliphatic rings. The van der Waals surface area contributed by atoms with Crippen LogP contribution in [-0.2, 0) is 28.7 Å². The summed E-state index contributed by atoms with van der Waals surface area (Å²) in [6.07, 6.45) is 4.92. The van der Waals surface area contributed by atoms with Crippen LogP contribution in [0, 0.1) is 0 Å². The Bertz CT molecular complexity index is 1080. The standard InChI is InChI=1S/C24H22N2O8/c1-33-17(27)11-15(13-3-7-25-8-4-13)19-21(29)23(31)20(24(32)22(19)30)16(12-18(28)34-2)14-5-9-26-10-6-14/h3-10,15-16,29,32H,11-12H2,1-2H3/t15-,16-/m1/s1. The Hall–Kier alpha value is -4.34. The molecule has 34 heavy (non-hydrogen) atoms. The van der Waals surface area contributed by atoms with E-state index in [-0.39, 0.29) is 12.8 Å². The van der Waals surface area contributed by atoms with Crippen LogP contribution in [0.3, 0.4) is 0 Å². The minimum absolute atomic E-state index is 0.377. The predicted octanol–water partition coefficient (Wildman–Crippen LogP) is 2.25. The Morgan fingerprint density at radius 3 is 1.35 bits per heavy atom. The second-order valence-corrected chi connectivity index (χ2v) is 7.41. The van der Waals surface area contributed by atoms with Crippen molar-refractivity contribution in [2.45, 2.75) is 24.7 Å². The number of hydrogen-bond acceptors (Lipinski definition) is 10. The number of pyridine rings is 2. The van der Waals surface area contributed by atoms with Crippen molar-refractivity contribution in [3.63, 3.8) is 0 Å². The molecule has 10 heteroatoms. The minimum atomic E-state index is -1.09. The monoisotopic (exact) mass is 466 g/mol. The van der Waals surface area contributed by atoms with E-state index in [4.69, 9.17) is 9.47 Å². The largest absolute Gasteiger partial charge is 0.504 e. The number of allylic oxidation sites excluding steroid dienone is 2. The molecule has 0 aromatic carbocycles. The van der Waals surface area contributed by atoms with Crippen molar-refractivity contribution in [3.8, 4) is 0 Å². The molecular weight excluding hydrogens is 444 g/mol. The number of carbonyl (C=O) groups excluding carboxylic acids is 4. The molecule has 2 heterocycles. The first kappa shape index (κ1) is 24.3. The summed E-state index contributed by atoms with van der Waals surface area (Å²) in [7, 11) is 2.32. The van der Waals surface area contributed by atoms with Gasteiger partial charge in [0.15, 0.2) is 11.5 Å². The fourth-order valence-corrected chi connectivity index (χ4v) is 3.83. The topological polar surface area (TPSA) is 153 Å². The molecule has 0 saturated heterocycles. The molecule has 0 amide bonds. The molecule has 0 aliphatic heterocycles. The summed E-state index contributed by atoms with van der Waals surface area (Å²) in [4.78, 5) is 58.5. The van der Waals surface area contributed by atoms with Gasteiger partial charge in [0, 0.05) is 36.6 Å². The molecule has 3 rings (SSSR count). The number of hydrogen-bond donors (Lipinski definition) is 2. The highest BCUT2D eigenvalue weighted by molar-refractivity contribution is 6.24. The highest BCUT2D eigenvalue weighted by atomic mass is 16.5. The lowest BCUT2D eigenvalue weighted by molar-refractivity contribution is -0.142. The molecule has 0 spiro atoms. The van der Waals surface area contributed by atoms with E-state index < -0.39 is 58.0 Å². The number of ether oxygens (including phenoxy) is 2. The Labute approximate surface area is 194 Å². The summed E-state index contributed by atoms with van der Waals surface area (Å²) in [5.41, 5.74) is -0.0945. The van der Waals surface area contributed by atoms with Gasteiger partial charge in [0.2, 0.25) is 11.6 Å². The molecule has 0 bridgehead atoms. The summed E-state index contributed by atoms with van der Waals surface area (Å²) >= 11 is 0. The van der Waals surface area contributed by atoms with Crippen LogP contribution in [0.4, 0.5) is 0 Å². The third kappa shape index (κ3) is 4.85. The van der Waals surface area contributed by atoms with Crippen molar-refractivity contribution in [1.82, 2.24) is 9.97 Å². The van der Waals surface area contributed by atoms with Gasteiger partial charge in [-0.3, -0.25) is 29.1 Å². The van der Waals surface area contributed by atoms with Crippen molar-refractivity contribution in [1.29, 1.82) is 0 Å². The molecule has 0 saturated carbocycles. The number of methoxy groups -OCH3 is 2. The van der Waals surface area contributed by atoms with Crippen LogP contribution in [0.2, 0.25) is 0 Å². The molecule has 2 aromatic heterocycles. The van der Waals surface area contributed by atoms with E-state index in [0.717, 1.165) is 14.2 Å². The van der Waals surface area contributed by atoms with Gasteiger partial charge in [-0.05, 0) is 35.4 Å². The Morgan fingerprint density at radius 2 is 1.06 bits per heavy atom. The van der Waals surface area contributed by atoms with Gasteiger partial charge in [-0.15, -0.1) is 0 Å². The van der Waals surface area contributed by atoms with Crippen LogP contribution in [0.1, 0.15) is 35.8 Å². The first-order valence-corrected chi connectivity index (χ1v) is 10.2. The van der Waals surface area contributed by atoms with Crippen LogP contribution >= 0.6 is 0 Å². The molecule has 2 aromatic rings. The van der Waals surface area contributed by atoms with Gasteiger partial charge in [-0.25, -0.2) is 0 Å². The molecular formula is C24H22N2O8. The number of aliphatic hydroxyl groups is 2. The highest BCUT2D eigenvalue weighted by Gasteiger charge is 2.43. The Morgan fingerprint density at radius 1 is 0.735 bits per heavy atom. The number of carbonyl (C=O) groups is 4. The highest BCUT2D eigenvalue weighted by Crippen LogP contribution is 2.40. The molecule has 2 N–H and O–H groups in total. The van der Waals surface area contributed by atoms with Gasteiger partial charge in [-0.1, -0.05) is 0 Å². The average molecular weight is 466 g/mol. The fourth-order valence-electron chi connectivity index (χ4n) is 3.83. The van der Waals surface area contributed by atoms with Crippen LogP contribution in [0.15, 0.2) is 71.7 Å². The van der Waals surface area contributed by atoms with Crippen LogP contribution in [0.5, 0.6) is 0 Å². The van der Waals surface area contributed by atoms with Crippen molar-refractivity contribution >= 4 is 23.5 Å². The van der Waals surface area contributed by atoms with Gasteiger partial charge in [-0.2, -0.15) is 0 Å². The fraction of sp³-hybridized carbons (Fsp3) is 0.250. The maximum atomic E-state index is 13.3. The minimum Gasteiger partial charge on any atom is -0.504 e. The van der Waals surface area contributed by atoms with Crippen LogP contribution in [0.25, 0.3) is 0 Å². The molecule has 0 fully saturated rings. The Kier molecular flexibility index (Phi) is 7.52. The van der Waals surface area contributed by atoms with Gasteiger partial charge in [0.1, 0.15) is 0 Å². The van der Waals surface area contributed by atoms with Crippen LogP contribution in [-0.4, -0.2) is 57.9 Å². The molecule has 0 unspecified atom stereocenters. The van der Waals surface area contributed by atoms with Crippen molar-refractivity contribution in [2.75, 3.05) is 14.2 Å². The predicted molar refractivity (Wildman–Crippen MR) is 117 cm³/mol. The molecule has 0 radical (unpaired) electrons. The SMILES string of the molecule is COC(=O)C[C@@H](C1=C(O)C(=O)C([C@H](CC(=O)OC)c2ccncc2)=C(O)C1=O)c1ccncc1. The lowest BCUT2D eigenvalue weighted by Crippen LogP contribution is -2.31. The summed E-state index contributed by atoms with van der Waals surface area (Å²) in [5, 5.41) is 21.7. The lowest BCUT2D eigenvalue weighted by Gasteiger charge is -2.27. The first-order valence-electron chi connectivity index (χ1n) is 10.2. The summed E-state index contributed by atoms with van der Waals surface area (Å²) in [5.74, 6) is -7.50. The zero-order chi connectivity index (χ0) is 24.8. The van der Waals surface area contributed by atoms with Crippen LogP contribution < -0.4 is 0 Å². The Balaban J connectivity index is 2.13. The van der Waals surface area contributed by atoms with Crippen molar-refractivity contribution < 1.29 is 38.9 Å². The molecule has 2 atom stereocenters. The summed E-state index contributed by atoms with van der Waals surface area (Å²) in [6, 6.07) is 6.05. The lowest BCUT2D eigenvalue weighted by atomic mass is 9.76. The number of aliphatic hydroxyl groups excluding tert-OH is 2. The van der Waals surface area contributed by atoms with E-state index in [2.05, 4.69) is 9.97 Å². The normalized spacial score (nSPS) is 15.7. The van der Waals surface area contributed by atoms with E-state index >= 15 is 0 Å². The first-order chi connectivity index (χ1) is 16.3. The second kappa shape index (κ2) is 10.5. The van der Waals surface area contributed by atoms with E-state index in [0.29, 0.717) is 11.1 Å². The number of aromatic nitrogens is 2. The number of rotatable bonds is 8. The van der Waals surface area contributed by atoms with Crippen molar-refractivity contribution in [3.05, 3.63) is 82.8 Å². The summed E-state index contributed by atoms with van der Waals surface area (Å²) < 4.78 is 9.41. The summed E-state index contributed by atoms with van der Waals surface area (Å²) in [6.45, 7) is 0. The number of esters is 2. The number of Topliss-reactive ketones (excluding diaryl/α,β-unsaturated/α-hetero) is 2. The second-order valence-electron chi connectivity index (χ2n) is 7.41. The third-order valence-corrected chi connectivity index (χ3v) is 5.54. The van der Waals surface area contributed by atoms with E-state index in [1.165, 1.54) is 49.1 Å². The van der Waals surface area contributed by atoms with Gasteiger partial charge in [0.05, 0.1) is 38.2 Å². The third-order valence-electron chi connectivity index (χ3n) is 5.54. The average Bonchev–Trinajstić information content (AvgIpc) is 2.87. The van der Waals surface area contributed by atoms with E-state index in [9.17, 15) is 29.4 Å². The number of nitrogens with zero attached hydrogens (tertiary/aromatic N) is 2. The maximum absolute atomic E-state index is 13.3. The molecule has 1 aliphatic carbocycles. The molecule has 176 valence electrons. The van der Waals surface area contributed by atoms with Gasteiger partial charge < -0.3 is 19.7 Å². The number of ketones is 2. The van der Waals surface area contributed by atoms with Gasteiger partial charge in [0.25, 0.3) is 0 Å². The quantitative estimate of drug-likeness (QED) is 0.437. The van der Waals surface area contributed by atoms with E-state index in [1.54, 1.807) is 0 Å². The molecule has 10 nitrogen and oxygen atoms in total. The van der Waals surface area contributed by atoms with E-state index in [1.807, 2.05) is 0 Å². The van der Waals surface area contributed by atoms with Crippen molar-refractivity contribution in [2.24, 2.45) is 0 Å². The maximum Gasteiger partial charge on any atom is 0.306 e. The van der Waals surface area contributed by atoms with Gasteiger partial charge >= 0.3 is 11.9 Å². The zero-order valence-electron chi connectivity index (χ0n) is 18.4. The smallest absolute Gasteiger partial charge is 0.306 e. The zero-order valence-corrected chi connectivity index (χ0v) is 18.4.